The number of likely N-dealkylation sites (tertiary alicyclic amines) is 1. The summed E-state index contributed by atoms with van der Waals surface area (Å²) in [5, 5.41) is 3.59. The molecule has 0 spiro atoms. The van der Waals surface area contributed by atoms with Crippen LogP contribution in [-0.2, 0) is 0 Å². The van der Waals surface area contributed by atoms with Crippen molar-refractivity contribution < 1.29 is 0 Å². The fraction of sp³-hybridized carbons (Fsp3) is 1.00. The molecule has 1 aliphatic heterocycles. The molecule has 0 aromatic rings. The van der Waals surface area contributed by atoms with Gasteiger partial charge in [-0.15, -0.1) is 0 Å². The van der Waals surface area contributed by atoms with E-state index in [4.69, 9.17) is 0 Å². The Morgan fingerprint density at radius 1 is 1.27 bits per heavy atom. The van der Waals surface area contributed by atoms with Crippen molar-refractivity contribution in [3.8, 4) is 0 Å². The molecular weight excluding hydrogens is 184 g/mol. The molecule has 2 nitrogen and oxygen atoms in total. The van der Waals surface area contributed by atoms with Crippen LogP contribution in [0.15, 0.2) is 0 Å². The summed E-state index contributed by atoms with van der Waals surface area (Å²) in [6, 6.07) is 2.51. The molecule has 1 N–H and O–H groups in total. The van der Waals surface area contributed by atoms with Crippen LogP contribution in [0.1, 0.15) is 46.5 Å². The number of hydrogen-bond acceptors (Lipinski definition) is 2. The van der Waals surface area contributed by atoms with Crippen molar-refractivity contribution in [1.82, 2.24) is 10.2 Å². The molecule has 0 amide bonds. The van der Waals surface area contributed by atoms with Gasteiger partial charge >= 0.3 is 0 Å². The van der Waals surface area contributed by atoms with E-state index in [1.165, 1.54) is 32.2 Å². The lowest BCUT2D eigenvalue weighted by molar-refractivity contribution is 0.122. The van der Waals surface area contributed by atoms with Gasteiger partial charge in [0.25, 0.3) is 0 Å². The van der Waals surface area contributed by atoms with Gasteiger partial charge in [-0.3, -0.25) is 4.90 Å². The Balaban J connectivity index is 1.80. The molecular formula is C13H26N2. The number of nitrogens with zero attached hydrogens (tertiary/aromatic N) is 1. The SMILES string of the molecule is CCNC1CCN(C2CC2CC)C(C)C1. The normalized spacial score (nSPS) is 41.8. The van der Waals surface area contributed by atoms with Crippen molar-refractivity contribution in [1.29, 1.82) is 0 Å². The van der Waals surface area contributed by atoms with Crippen LogP contribution in [-0.4, -0.2) is 36.1 Å². The summed E-state index contributed by atoms with van der Waals surface area (Å²) in [4.78, 5) is 2.77. The Kier molecular flexibility index (Phi) is 3.68. The van der Waals surface area contributed by atoms with Crippen LogP contribution in [0.3, 0.4) is 0 Å². The van der Waals surface area contributed by atoms with Crippen LogP contribution in [0, 0.1) is 5.92 Å². The van der Waals surface area contributed by atoms with Gasteiger partial charge in [0.05, 0.1) is 0 Å². The summed E-state index contributed by atoms with van der Waals surface area (Å²) < 4.78 is 0. The maximum Gasteiger partial charge on any atom is 0.0130 e. The van der Waals surface area contributed by atoms with Crippen molar-refractivity contribution >= 4 is 0 Å². The van der Waals surface area contributed by atoms with Gasteiger partial charge in [-0.1, -0.05) is 20.3 Å². The number of nitrogens with one attached hydrogen (secondary N) is 1. The third-order valence-corrected chi connectivity index (χ3v) is 4.26. The molecule has 1 saturated carbocycles. The molecule has 1 saturated heterocycles. The van der Waals surface area contributed by atoms with E-state index in [0.29, 0.717) is 0 Å². The monoisotopic (exact) mass is 210 g/mol. The maximum atomic E-state index is 3.59. The number of piperidine rings is 1. The average molecular weight is 210 g/mol. The summed E-state index contributed by atoms with van der Waals surface area (Å²) in [5.74, 6) is 1.02. The molecule has 0 bridgehead atoms. The third kappa shape index (κ3) is 2.54. The molecule has 0 radical (unpaired) electrons. The fourth-order valence-electron chi connectivity index (χ4n) is 3.23. The largest absolute Gasteiger partial charge is 0.314 e. The molecule has 2 rings (SSSR count). The first-order chi connectivity index (χ1) is 7.26. The van der Waals surface area contributed by atoms with Gasteiger partial charge in [0.2, 0.25) is 0 Å². The average Bonchev–Trinajstić information content (AvgIpc) is 2.97. The second-order valence-electron chi connectivity index (χ2n) is 5.34. The van der Waals surface area contributed by atoms with Crippen molar-refractivity contribution in [2.75, 3.05) is 13.1 Å². The van der Waals surface area contributed by atoms with Crippen LogP contribution in [0.4, 0.5) is 0 Å². The molecule has 1 heterocycles. The highest BCUT2D eigenvalue weighted by Gasteiger charge is 2.43. The molecule has 15 heavy (non-hydrogen) atoms. The fourth-order valence-corrected chi connectivity index (χ4v) is 3.23. The van der Waals surface area contributed by atoms with Crippen molar-refractivity contribution in [3.05, 3.63) is 0 Å². The summed E-state index contributed by atoms with van der Waals surface area (Å²) in [5.41, 5.74) is 0. The van der Waals surface area contributed by atoms with Crippen LogP contribution < -0.4 is 5.32 Å². The molecule has 2 aliphatic rings. The standard InChI is InChI=1S/C13H26N2/c1-4-11-9-13(11)15-7-6-12(14-5-2)8-10(15)3/h10-14H,4-9H2,1-3H3. The van der Waals surface area contributed by atoms with Gasteiger partial charge in [0.15, 0.2) is 0 Å². The van der Waals surface area contributed by atoms with Gasteiger partial charge in [-0.05, 0) is 38.6 Å². The predicted octanol–water partition coefficient (Wildman–Crippen LogP) is 2.25. The molecule has 88 valence electrons. The molecule has 4 atom stereocenters. The van der Waals surface area contributed by atoms with E-state index in [9.17, 15) is 0 Å². The Morgan fingerprint density at radius 2 is 2.07 bits per heavy atom. The van der Waals surface area contributed by atoms with Gasteiger partial charge in [0.1, 0.15) is 0 Å². The topological polar surface area (TPSA) is 15.3 Å². The van der Waals surface area contributed by atoms with Crippen LogP contribution in [0.25, 0.3) is 0 Å². The summed E-state index contributed by atoms with van der Waals surface area (Å²) in [7, 11) is 0. The van der Waals surface area contributed by atoms with E-state index >= 15 is 0 Å². The summed E-state index contributed by atoms with van der Waals surface area (Å²) in [6.07, 6.45) is 5.54. The maximum absolute atomic E-state index is 3.59. The molecule has 0 aromatic carbocycles. The number of rotatable bonds is 4. The van der Waals surface area contributed by atoms with E-state index < -0.39 is 0 Å². The third-order valence-electron chi connectivity index (χ3n) is 4.26. The van der Waals surface area contributed by atoms with Crippen molar-refractivity contribution in [2.45, 2.75) is 64.6 Å². The van der Waals surface area contributed by atoms with Crippen LogP contribution in [0.5, 0.6) is 0 Å². The lowest BCUT2D eigenvalue weighted by Gasteiger charge is -2.38. The first kappa shape index (κ1) is 11.4. The molecule has 1 aliphatic carbocycles. The summed E-state index contributed by atoms with van der Waals surface area (Å²) in [6.45, 7) is 9.40. The highest BCUT2D eigenvalue weighted by atomic mass is 15.2. The van der Waals surface area contributed by atoms with E-state index in [0.717, 1.165) is 30.6 Å². The second kappa shape index (κ2) is 4.84. The van der Waals surface area contributed by atoms with E-state index in [2.05, 4.69) is 31.0 Å². The van der Waals surface area contributed by atoms with Crippen LogP contribution in [0.2, 0.25) is 0 Å². The predicted molar refractivity (Wildman–Crippen MR) is 65.1 cm³/mol. The Hall–Kier alpha value is -0.0800. The zero-order valence-electron chi connectivity index (χ0n) is 10.5. The minimum absolute atomic E-state index is 0.778. The van der Waals surface area contributed by atoms with Gasteiger partial charge in [0, 0.05) is 24.7 Å². The molecule has 2 fully saturated rings. The smallest absolute Gasteiger partial charge is 0.0130 e. The van der Waals surface area contributed by atoms with Crippen molar-refractivity contribution in [3.63, 3.8) is 0 Å². The Bertz CT molecular complexity index is 205. The van der Waals surface area contributed by atoms with Gasteiger partial charge < -0.3 is 5.32 Å². The Labute approximate surface area is 94.4 Å². The highest BCUT2D eigenvalue weighted by Crippen LogP contribution is 2.41. The lowest BCUT2D eigenvalue weighted by Crippen LogP contribution is -2.48. The van der Waals surface area contributed by atoms with Crippen molar-refractivity contribution in [2.24, 2.45) is 5.92 Å². The second-order valence-corrected chi connectivity index (χ2v) is 5.34. The van der Waals surface area contributed by atoms with E-state index in [1.807, 2.05) is 0 Å². The first-order valence-corrected chi connectivity index (χ1v) is 6.75. The molecule has 2 heteroatoms. The molecule has 0 aromatic heterocycles. The Morgan fingerprint density at radius 3 is 2.60 bits per heavy atom. The highest BCUT2D eigenvalue weighted by molar-refractivity contribution is 4.98. The van der Waals surface area contributed by atoms with Gasteiger partial charge in [-0.2, -0.15) is 0 Å². The van der Waals surface area contributed by atoms with E-state index in [1.54, 1.807) is 0 Å². The van der Waals surface area contributed by atoms with E-state index in [-0.39, 0.29) is 0 Å². The van der Waals surface area contributed by atoms with Crippen LogP contribution >= 0.6 is 0 Å². The zero-order valence-corrected chi connectivity index (χ0v) is 10.5. The first-order valence-electron chi connectivity index (χ1n) is 6.75. The summed E-state index contributed by atoms with van der Waals surface area (Å²) >= 11 is 0. The van der Waals surface area contributed by atoms with Gasteiger partial charge in [-0.25, -0.2) is 0 Å². The minimum atomic E-state index is 0.778. The minimum Gasteiger partial charge on any atom is -0.314 e. The quantitative estimate of drug-likeness (QED) is 0.765. The lowest BCUT2D eigenvalue weighted by atomic mass is 9.98. The number of hydrogen-bond donors (Lipinski definition) is 1. The zero-order chi connectivity index (χ0) is 10.8. The molecule has 4 unspecified atom stereocenters.